The molecule has 0 aromatic carbocycles. The predicted molar refractivity (Wildman–Crippen MR) is 72.9 cm³/mol. The first-order chi connectivity index (χ1) is 8.81. The van der Waals surface area contributed by atoms with Crippen LogP contribution in [0, 0.1) is 0 Å². The van der Waals surface area contributed by atoms with Crippen molar-refractivity contribution in [2.45, 2.75) is 44.8 Å². The van der Waals surface area contributed by atoms with Gasteiger partial charge < -0.3 is 9.67 Å². The van der Waals surface area contributed by atoms with Crippen LogP contribution in [0.4, 0.5) is 0 Å². The average molecular weight is 262 g/mol. The Balaban J connectivity index is 2.01. The molecule has 0 amide bonds. The van der Waals surface area contributed by atoms with Crippen molar-refractivity contribution in [3.63, 3.8) is 0 Å². The van der Waals surface area contributed by atoms with Gasteiger partial charge in [-0.15, -0.1) is 11.3 Å². The van der Waals surface area contributed by atoms with E-state index in [1.165, 1.54) is 5.69 Å². The molecule has 3 rings (SSSR count). The molecule has 0 bridgehead atoms. The van der Waals surface area contributed by atoms with Gasteiger partial charge in [0.1, 0.15) is 5.01 Å². The second-order valence-corrected chi connectivity index (χ2v) is 5.75. The van der Waals surface area contributed by atoms with Gasteiger partial charge in [-0.25, -0.2) is 4.98 Å². The molecule has 1 aliphatic rings. The lowest BCUT2D eigenvalue weighted by Gasteiger charge is -2.23. The van der Waals surface area contributed by atoms with Crippen molar-refractivity contribution in [2.24, 2.45) is 0 Å². The minimum Gasteiger partial charge on any atom is -0.388 e. The van der Waals surface area contributed by atoms with Gasteiger partial charge in [0.05, 0.1) is 12.1 Å². The molecule has 0 fully saturated rings. The van der Waals surface area contributed by atoms with Crippen LogP contribution in [0.5, 0.6) is 0 Å². The summed E-state index contributed by atoms with van der Waals surface area (Å²) in [5.74, 6) is 0. The maximum absolute atomic E-state index is 10.0. The fourth-order valence-electron chi connectivity index (χ4n) is 2.87. The molecule has 1 N–H and O–H groups in total. The number of rotatable bonds is 3. The molecule has 18 heavy (non-hydrogen) atoms. The molecular formula is C14H18N2OS. The van der Waals surface area contributed by atoms with Crippen LogP contribution >= 0.6 is 11.3 Å². The average Bonchev–Trinajstić information content (AvgIpc) is 3.01. The molecule has 2 unspecified atom stereocenters. The van der Waals surface area contributed by atoms with Gasteiger partial charge in [-0.3, -0.25) is 0 Å². The van der Waals surface area contributed by atoms with Crippen LogP contribution in [0.1, 0.15) is 54.6 Å². The van der Waals surface area contributed by atoms with Gasteiger partial charge in [0.15, 0.2) is 0 Å². The van der Waals surface area contributed by atoms with E-state index < -0.39 is 0 Å². The molecular weight excluding hydrogens is 244 g/mol. The smallest absolute Gasteiger partial charge is 0.115 e. The third-order valence-electron chi connectivity index (χ3n) is 3.77. The van der Waals surface area contributed by atoms with Gasteiger partial charge in [0.25, 0.3) is 0 Å². The Labute approximate surface area is 111 Å². The second kappa shape index (κ2) is 4.86. The van der Waals surface area contributed by atoms with Crippen LogP contribution in [-0.2, 0) is 6.42 Å². The zero-order valence-corrected chi connectivity index (χ0v) is 11.4. The molecule has 2 aromatic rings. The first-order valence-corrected chi connectivity index (χ1v) is 7.46. The second-order valence-electron chi connectivity index (χ2n) is 4.83. The summed E-state index contributed by atoms with van der Waals surface area (Å²) < 4.78 is 2.32. The van der Waals surface area contributed by atoms with Crippen LogP contribution in [0.15, 0.2) is 23.8 Å². The fourth-order valence-corrected chi connectivity index (χ4v) is 3.69. The lowest BCUT2D eigenvalue weighted by molar-refractivity contribution is 0.155. The van der Waals surface area contributed by atoms with E-state index in [0.717, 1.165) is 36.3 Å². The number of nitrogens with zero attached hydrogens (tertiary/aromatic N) is 2. The van der Waals surface area contributed by atoms with Crippen LogP contribution in [0.2, 0.25) is 0 Å². The lowest BCUT2D eigenvalue weighted by atomic mass is 9.95. The van der Waals surface area contributed by atoms with Gasteiger partial charge in [0, 0.05) is 29.0 Å². The number of hydrogen-bond acceptors (Lipinski definition) is 3. The molecule has 0 spiro atoms. The molecule has 0 saturated carbocycles. The predicted octanol–water partition coefficient (Wildman–Crippen LogP) is 3.31. The molecule has 2 atom stereocenters. The molecule has 96 valence electrons. The molecule has 0 saturated heterocycles. The van der Waals surface area contributed by atoms with E-state index in [0.29, 0.717) is 6.04 Å². The number of aliphatic hydroxyl groups excluding tert-OH is 1. The Bertz CT molecular complexity index is 518. The molecule has 3 nitrogen and oxygen atoms in total. The maximum atomic E-state index is 10.0. The van der Waals surface area contributed by atoms with Crippen LogP contribution in [0.25, 0.3) is 0 Å². The number of aromatic nitrogens is 2. The van der Waals surface area contributed by atoms with Crippen LogP contribution in [0.3, 0.4) is 0 Å². The van der Waals surface area contributed by atoms with Gasteiger partial charge in [0.2, 0.25) is 0 Å². The number of aliphatic hydroxyl groups is 1. The maximum Gasteiger partial charge on any atom is 0.115 e. The van der Waals surface area contributed by atoms with E-state index in [2.05, 4.69) is 28.7 Å². The van der Waals surface area contributed by atoms with Crippen molar-refractivity contribution in [3.8, 4) is 0 Å². The van der Waals surface area contributed by atoms with Gasteiger partial charge >= 0.3 is 0 Å². The molecule has 4 heteroatoms. The Kier molecular flexibility index (Phi) is 3.22. The number of fused-ring (bicyclic) bond motifs is 1. The Morgan fingerprint density at radius 2 is 2.50 bits per heavy atom. The Morgan fingerprint density at radius 3 is 3.22 bits per heavy atom. The summed E-state index contributed by atoms with van der Waals surface area (Å²) >= 11 is 1.71. The summed E-state index contributed by atoms with van der Waals surface area (Å²) in [5.41, 5.74) is 2.42. The highest BCUT2D eigenvalue weighted by Crippen LogP contribution is 2.34. The van der Waals surface area contributed by atoms with Gasteiger partial charge in [-0.1, -0.05) is 6.92 Å². The first-order valence-electron chi connectivity index (χ1n) is 6.58. The fraction of sp³-hybridized carbons (Fsp3) is 0.500. The largest absolute Gasteiger partial charge is 0.388 e. The third-order valence-corrected chi connectivity index (χ3v) is 4.65. The molecule has 0 aliphatic heterocycles. The van der Waals surface area contributed by atoms with E-state index in [1.54, 1.807) is 11.3 Å². The minimum atomic E-state index is -0.274. The Hall–Kier alpha value is -1.13. The summed E-state index contributed by atoms with van der Waals surface area (Å²) in [6.07, 6.45) is 7.79. The van der Waals surface area contributed by atoms with E-state index >= 15 is 0 Å². The van der Waals surface area contributed by atoms with E-state index in [-0.39, 0.29) is 6.10 Å². The van der Waals surface area contributed by atoms with Gasteiger partial charge in [-0.05, 0) is 31.7 Å². The van der Waals surface area contributed by atoms with E-state index in [9.17, 15) is 5.11 Å². The molecule has 2 heterocycles. The quantitative estimate of drug-likeness (QED) is 0.921. The van der Waals surface area contributed by atoms with Crippen molar-refractivity contribution in [1.29, 1.82) is 0 Å². The summed E-state index contributed by atoms with van der Waals surface area (Å²) in [6.45, 7) is 2.19. The molecule has 0 radical (unpaired) electrons. The van der Waals surface area contributed by atoms with E-state index in [4.69, 9.17) is 0 Å². The van der Waals surface area contributed by atoms with Crippen molar-refractivity contribution >= 4 is 11.3 Å². The monoisotopic (exact) mass is 262 g/mol. The summed E-state index contributed by atoms with van der Waals surface area (Å²) in [6, 6.07) is 2.40. The van der Waals surface area contributed by atoms with Crippen LogP contribution < -0.4 is 0 Å². The number of thiazole rings is 1. The summed E-state index contributed by atoms with van der Waals surface area (Å²) in [4.78, 5) is 4.45. The summed E-state index contributed by atoms with van der Waals surface area (Å²) in [5, 5.41) is 13.2. The highest BCUT2D eigenvalue weighted by Gasteiger charge is 2.25. The Morgan fingerprint density at radius 1 is 1.61 bits per heavy atom. The van der Waals surface area contributed by atoms with Gasteiger partial charge in [-0.2, -0.15) is 0 Å². The van der Waals surface area contributed by atoms with Crippen LogP contribution in [-0.4, -0.2) is 14.7 Å². The SMILES string of the molecule is CCC(c1nccs1)n1ccc2c1CCCC2O. The van der Waals surface area contributed by atoms with E-state index in [1.807, 2.05) is 11.6 Å². The summed E-state index contributed by atoms with van der Waals surface area (Å²) in [7, 11) is 0. The topological polar surface area (TPSA) is 38.0 Å². The van der Waals surface area contributed by atoms with Crippen molar-refractivity contribution in [1.82, 2.24) is 9.55 Å². The first kappa shape index (κ1) is 11.9. The molecule has 1 aliphatic carbocycles. The highest BCUT2D eigenvalue weighted by molar-refractivity contribution is 7.09. The zero-order chi connectivity index (χ0) is 12.5. The molecule has 2 aromatic heterocycles. The standard InChI is InChI=1S/C14H18N2OS/c1-2-11(14-15-7-9-18-14)16-8-6-10-12(16)4-3-5-13(10)17/h6-9,11,13,17H,2-5H2,1H3. The minimum absolute atomic E-state index is 0.274. The lowest BCUT2D eigenvalue weighted by Crippen LogP contribution is -2.16. The van der Waals surface area contributed by atoms with Crippen molar-refractivity contribution in [3.05, 3.63) is 40.1 Å². The van der Waals surface area contributed by atoms with Crippen molar-refractivity contribution < 1.29 is 5.11 Å². The third kappa shape index (κ3) is 1.89. The highest BCUT2D eigenvalue weighted by atomic mass is 32.1. The number of hydrogen-bond donors (Lipinski definition) is 1. The normalized spacial score (nSPS) is 20.7. The zero-order valence-electron chi connectivity index (χ0n) is 10.5. The van der Waals surface area contributed by atoms with Crippen molar-refractivity contribution in [2.75, 3.05) is 0 Å².